The number of hydrazone groups is 1. The van der Waals surface area contributed by atoms with Crippen molar-refractivity contribution >= 4 is 23.2 Å². The van der Waals surface area contributed by atoms with Crippen molar-refractivity contribution in [2.75, 3.05) is 11.7 Å². The van der Waals surface area contributed by atoms with Gasteiger partial charge in [-0.05, 0) is 24.3 Å². The lowest BCUT2D eigenvalue weighted by molar-refractivity contribution is -0.0752. The summed E-state index contributed by atoms with van der Waals surface area (Å²) in [5.41, 5.74) is 0.489. The van der Waals surface area contributed by atoms with E-state index in [9.17, 15) is 13.2 Å². The molecular weight excluding hydrogens is 245 g/mol. The Balaban J connectivity index is 2.20. The van der Waals surface area contributed by atoms with E-state index >= 15 is 0 Å². The van der Waals surface area contributed by atoms with Crippen LogP contribution in [0.1, 0.15) is 0 Å². The molecule has 1 heterocycles. The van der Waals surface area contributed by atoms with Crippen molar-refractivity contribution in [3.05, 3.63) is 29.3 Å². The molecule has 1 aromatic carbocycles. The lowest BCUT2D eigenvalue weighted by Crippen LogP contribution is -2.22. The van der Waals surface area contributed by atoms with Crippen molar-refractivity contribution in [2.24, 2.45) is 5.10 Å². The Kier molecular flexibility index (Phi) is 2.67. The molecule has 1 aromatic rings. The molecule has 0 radical (unpaired) electrons. The monoisotopic (exact) mass is 250 g/mol. The van der Waals surface area contributed by atoms with Gasteiger partial charge in [0.2, 0.25) is 0 Å². The highest BCUT2D eigenvalue weighted by Crippen LogP contribution is 2.26. The van der Waals surface area contributed by atoms with Gasteiger partial charge in [-0.1, -0.05) is 11.6 Å². The van der Waals surface area contributed by atoms with Gasteiger partial charge in [0, 0.05) is 5.02 Å². The molecule has 0 saturated carbocycles. The second-order valence-electron chi connectivity index (χ2n) is 3.05. The first-order chi connectivity index (χ1) is 7.47. The highest BCUT2D eigenvalue weighted by Gasteiger charge is 2.42. The normalized spacial score (nSPS) is 16.0. The first-order valence-corrected chi connectivity index (χ1v) is 4.66. The number of halogens is 4. The molecule has 0 aromatic heterocycles. The molecule has 0 aliphatic carbocycles. The number of anilines is 1. The highest BCUT2D eigenvalue weighted by atomic mass is 35.5. The second kappa shape index (κ2) is 3.86. The fourth-order valence-electron chi connectivity index (χ4n) is 1.17. The van der Waals surface area contributed by atoms with Gasteiger partial charge in [0.15, 0.2) is 6.73 Å². The third-order valence-corrected chi connectivity index (χ3v) is 2.15. The molecule has 0 bridgehead atoms. The van der Waals surface area contributed by atoms with Crippen molar-refractivity contribution < 1.29 is 17.9 Å². The van der Waals surface area contributed by atoms with Gasteiger partial charge in [-0.15, -0.1) is 5.10 Å². The molecule has 0 saturated heterocycles. The zero-order valence-corrected chi connectivity index (χ0v) is 8.59. The van der Waals surface area contributed by atoms with Crippen molar-refractivity contribution in [3.8, 4) is 0 Å². The second-order valence-corrected chi connectivity index (χ2v) is 3.49. The maximum absolute atomic E-state index is 12.2. The molecule has 7 heteroatoms. The van der Waals surface area contributed by atoms with Gasteiger partial charge >= 0.3 is 12.1 Å². The molecule has 86 valence electrons. The Morgan fingerprint density at radius 2 is 1.88 bits per heavy atom. The van der Waals surface area contributed by atoms with E-state index in [4.69, 9.17) is 11.6 Å². The summed E-state index contributed by atoms with van der Waals surface area (Å²) in [7, 11) is 0. The molecule has 16 heavy (non-hydrogen) atoms. The van der Waals surface area contributed by atoms with Gasteiger partial charge in [-0.2, -0.15) is 13.2 Å². The summed E-state index contributed by atoms with van der Waals surface area (Å²) in [6.07, 6.45) is -4.55. The topological polar surface area (TPSA) is 24.8 Å². The van der Waals surface area contributed by atoms with Crippen LogP contribution in [0.5, 0.6) is 0 Å². The Hall–Kier alpha value is -1.43. The molecule has 0 N–H and O–H groups in total. The van der Waals surface area contributed by atoms with Crippen LogP contribution in [0.15, 0.2) is 29.4 Å². The summed E-state index contributed by atoms with van der Waals surface area (Å²) >= 11 is 5.65. The standard InChI is InChI=1S/C9H6ClF3N2O/c10-6-1-3-7(4-2-6)15-5-16-8(14-15)9(11,12)13/h1-4H,5H2. The van der Waals surface area contributed by atoms with Crippen LogP contribution in [-0.2, 0) is 4.74 Å². The molecule has 0 atom stereocenters. The fourth-order valence-corrected chi connectivity index (χ4v) is 1.30. The largest absolute Gasteiger partial charge is 0.470 e. The maximum Gasteiger partial charge on any atom is 0.470 e. The molecule has 2 rings (SSSR count). The zero-order valence-electron chi connectivity index (χ0n) is 7.83. The van der Waals surface area contributed by atoms with Crippen molar-refractivity contribution in [2.45, 2.75) is 6.18 Å². The van der Waals surface area contributed by atoms with Gasteiger partial charge < -0.3 is 4.74 Å². The van der Waals surface area contributed by atoms with Crippen LogP contribution in [0, 0.1) is 0 Å². The zero-order chi connectivity index (χ0) is 11.8. The SMILES string of the molecule is FC(F)(F)C1=NN(c2ccc(Cl)cc2)CO1. The minimum atomic E-state index is -4.55. The van der Waals surface area contributed by atoms with Crippen molar-refractivity contribution in [3.63, 3.8) is 0 Å². The fraction of sp³-hybridized carbons (Fsp3) is 0.222. The molecule has 0 fully saturated rings. The lowest BCUT2D eigenvalue weighted by atomic mass is 10.3. The lowest BCUT2D eigenvalue weighted by Gasteiger charge is -2.10. The van der Waals surface area contributed by atoms with Gasteiger partial charge in [0.25, 0.3) is 0 Å². The van der Waals surface area contributed by atoms with E-state index in [1.165, 1.54) is 0 Å². The van der Waals surface area contributed by atoms with E-state index in [0.717, 1.165) is 5.01 Å². The van der Waals surface area contributed by atoms with Gasteiger partial charge in [0.05, 0.1) is 5.69 Å². The van der Waals surface area contributed by atoms with Crippen LogP contribution in [0.3, 0.4) is 0 Å². The van der Waals surface area contributed by atoms with Gasteiger partial charge in [-0.25, -0.2) is 5.01 Å². The van der Waals surface area contributed by atoms with Crippen LogP contribution in [0.2, 0.25) is 5.02 Å². The predicted molar refractivity (Wildman–Crippen MR) is 53.4 cm³/mol. The first kappa shape index (κ1) is 11.1. The first-order valence-electron chi connectivity index (χ1n) is 4.28. The Labute approximate surface area is 94.1 Å². The third kappa shape index (κ3) is 2.21. The number of alkyl halides is 3. The minimum Gasteiger partial charge on any atom is -0.450 e. The predicted octanol–water partition coefficient (Wildman–Crippen LogP) is 3.01. The molecule has 0 unspecified atom stereocenters. The molecule has 1 aliphatic rings. The maximum atomic E-state index is 12.2. The van der Waals surface area contributed by atoms with E-state index in [1.807, 2.05) is 0 Å². The smallest absolute Gasteiger partial charge is 0.450 e. The van der Waals surface area contributed by atoms with E-state index in [0.29, 0.717) is 10.7 Å². The summed E-state index contributed by atoms with van der Waals surface area (Å²) in [4.78, 5) is 0. The minimum absolute atomic E-state index is 0.253. The van der Waals surface area contributed by atoms with Crippen LogP contribution in [-0.4, -0.2) is 18.8 Å². The summed E-state index contributed by atoms with van der Waals surface area (Å²) in [6.45, 7) is -0.253. The number of hydrogen-bond acceptors (Lipinski definition) is 3. The summed E-state index contributed by atoms with van der Waals surface area (Å²) in [5, 5.41) is 4.93. The van der Waals surface area contributed by atoms with Crippen LogP contribution >= 0.6 is 11.6 Å². The molecule has 0 amide bonds. The van der Waals surface area contributed by atoms with Crippen LogP contribution < -0.4 is 5.01 Å². The summed E-state index contributed by atoms with van der Waals surface area (Å²) < 4.78 is 41.1. The molecule has 0 spiro atoms. The third-order valence-electron chi connectivity index (χ3n) is 1.90. The van der Waals surface area contributed by atoms with Gasteiger partial charge in [-0.3, -0.25) is 0 Å². The Morgan fingerprint density at radius 1 is 1.25 bits per heavy atom. The van der Waals surface area contributed by atoms with E-state index in [2.05, 4.69) is 9.84 Å². The number of rotatable bonds is 1. The highest BCUT2D eigenvalue weighted by molar-refractivity contribution is 6.30. The number of nitrogens with zero attached hydrogens (tertiary/aromatic N) is 2. The number of ether oxygens (including phenoxy) is 1. The Bertz CT molecular complexity index is 416. The van der Waals surface area contributed by atoms with E-state index in [-0.39, 0.29) is 6.73 Å². The molecule has 1 aliphatic heterocycles. The van der Waals surface area contributed by atoms with Crippen molar-refractivity contribution in [1.29, 1.82) is 0 Å². The number of hydrogen-bond donors (Lipinski definition) is 0. The van der Waals surface area contributed by atoms with Crippen LogP contribution in [0.4, 0.5) is 18.9 Å². The molecular formula is C9H6ClF3N2O. The van der Waals surface area contributed by atoms with Crippen molar-refractivity contribution in [1.82, 2.24) is 0 Å². The summed E-state index contributed by atoms with van der Waals surface area (Å²) in [5.74, 6) is -1.23. The summed E-state index contributed by atoms with van der Waals surface area (Å²) in [6, 6.07) is 6.26. The quantitative estimate of drug-likeness (QED) is 0.765. The van der Waals surface area contributed by atoms with Crippen LogP contribution in [0.25, 0.3) is 0 Å². The average molecular weight is 251 g/mol. The molecule has 3 nitrogen and oxygen atoms in total. The van der Waals surface area contributed by atoms with E-state index < -0.39 is 12.1 Å². The Morgan fingerprint density at radius 3 is 2.38 bits per heavy atom. The average Bonchev–Trinajstić information content (AvgIpc) is 2.67. The van der Waals surface area contributed by atoms with E-state index in [1.54, 1.807) is 24.3 Å². The van der Waals surface area contributed by atoms with Gasteiger partial charge in [0.1, 0.15) is 0 Å². The number of benzene rings is 1.